The fourth-order valence-electron chi connectivity index (χ4n) is 4.29. The van der Waals surface area contributed by atoms with Gasteiger partial charge in [-0.3, -0.25) is 14.5 Å². The maximum atomic E-state index is 13.1. The Morgan fingerprint density at radius 3 is 2.29 bits per heavy atom. The zero-order valence-electron chi connectivity index (χ0n) is 20.4. The van der Waals surface area contributed by atoms with Crippen LogP contribution in [0.25, 0.3) is 0 Å². The number of hydrogen-bond acceptors (Lipinski definition) is 5. The Bertz CT molecular complexity index is 924. The number of rotatable bonds is 4. The van der Waals surface area contributed by atoms with Gasteiger partial charge in [-0.05, 0) is 45.7 Å². The van der Waals surface area contributed by atoms with Crippen LogP contribution in [-0.2, 0) is 20.5 Å². The highest BCUT2D eigenvalue weighted by atomic mass is 19.4. The summed E-state index contributed by atoms with van der Waals surface area (Å²) in [6, 6.07) is 4.86. The van der Waals surface area contributed by atoms with Crippen molar-refractivity contribution in [1.29, 1.82) is 0 Å². The number of alkyl halides is 3. The van der Waals surface area contributed by atoms with Gasteiger partial charge in [0.05, 0.1) is 23.7 Å². The Hall–Kier alpha value is -2.82. The van der Waals surface area contributed by atoms with E-state index in [9.17, 15) is 27.6 Å². The number of anilines is 1. The molecule has 1 aromatic carbocycles. The van der Waals surface area contributed by atoms with Crippen LogP contribution < -0.4 is 5.32 Å². The van der Waals surface area contributed by atoms with Crippen LogP contribution in [0.3, 0.4) is 0 Å². The Kier molecular flexibility index (Phi) is 8.30. The second kappa shape index (κ2) is 10.8. The van der Waals surface area contributed by atoms with Crippen LogP contribution in [0.2, 0.25) is 0 Å². The standard InChI is InChI=1S/C24H33F3N4O4/c1-23(2,3)35-22(34)31-10-6-7-17(15-31)21(33)30-13-11-29(12-14-30)16-20(32)28-19-9-5-4-8-18(19)24(25,26)27/h4-5,8-9,17H,6-7,10-16H2,1-3H3,(H,28,32). The first-order valence-electron chi connectivity index (χ1n) is 11.8. The van der Waals surface area contributed by atoms with Gasteiger partial charge in [-0.1, -0.05) is 12.1 Å². The van der Waals surface area contributed by atoms with E-state index in [1.54, 1.807) is 30.6 Å². The molecule has 2 fully saturated rings. The third kappa shape index (κ3) is 7.58. The van der Waals surface area contributed by atoms with Gasteiger partial charge in [0, 0.05) is 39.3 Å². The topological polar surface area (TPSA) is 82.2 Å². The number of carbonyl (C=O) groups is 3. The normalized spacial score (nSPS) is 19.9. The molecule has 194 valence electrons. The second-order valence-electron chi connectivity index (χ2n) is 9.96. The highest BCUT2D eigenvalue weighted by Crippen LogP contribution is 2.34. The molecule has 2 aliphatic heterocycles. The summed E-state index contributed by atoms with van der Waals surface area (Å²) in [5, 5.41) is 2.35. The van der Waals surface area contributed by atoms with Crippen LogP contribution in [0, 0.1) is 5.92 Å². The molecule has 2 heterocycles. The summed E-state index contributed by atoms with van der Waals surface area (Å²) in [6.07, 6.45) is -3.57. The summed E-state index contributed by atoms with van der Waals surface area (Å²) in [6.45, 7) is 7.89. The Morgan fingerprint density at radius 2 is 1.66 bits per heavy atom. The zero-order chi connectivity index (χ0) is 25.8. The fourth-order valence-corrected chi connectivity index (χ4v) is 4.29. The minimum Gasteiger partial charge on any atom is -0.444 e. The number of likely N-dealkylation sites (tertiary alicyclic amines) is 1. The molecule has 11 heteroatoms. The van der Waals surface area contributed by atoms with Crippen molar-refractivity contribution in [2.24, 2.45) is 5.92 Å². The minimum atomic E-state index is -4.56. The van der Waals surface area contributed by atoms with E-state index in [-0.39, 0.29) is 24.1 Å². The van der Waals surface area contributed by atoms with E-state index in [2.05, 4.69) is 5.32 Å². The Balaban J connectivity index is 1.48. The molecule has 1 atom stereocenters. The van der Waals surface area contributed by atoms with Gasteiger partial charge in [-0.15, -0.1) is 0 Å². The summed E-state index contributed by atoms with van der Waals surface area (Å²) in [5.41, 5.74) is -1.77. The van der Waals surface area contributed by atoms with Gasteiger partial charge in [0.25, 0.3) is 0 Å². The molecule has 1 unspecified atom stereocenters. The number of piperidine rings is 1. The van der Waals surface area contributed by atoms with Crippen molar-refractivity contribution in [3.63, 3.8) is 0 Å². The Morgan fingerprint density at radius 1 is 1.00 bits per heavy atom. The number of nitrogens with zero attached hydrogens (tertiary/aromatic N) is 3. The van der Waals surface area contributed by atoms with E-state index in [4.69, 9.17) is 4.74 Å². The van der Waals surface area contributed by atoms with Crippen LogP contribution in [-0.4, -0.2) is 84.0 Å². The number of nitrogens with one attached hydrogen (secondary N) is 1. The quantitative estimate of drug-likeness (QED) is 0.688. The molecule has 0 aromatic heterocycles. The number of carbonyl (C=O) groups excluding carboxylic acids is 3. The molecule has 35 heavy (non-hydrogen) atoms. The van der Waals surface area contributed by atoms with Gasteiger partial charge in [-0.25, -0.2) is 4.79 Å². The molecule has 0 radical (unpaired) electrons. The van der Waals surface area contributed by atoms with Crippen molar-refractivity contribution in [3.8, 4) is 0 Å². The molecule has 3 amide bonds. The molecule has 2 aliphatic rings. The number of amides is 3. The number of piperazine rings is 1. The van der Waals surface area contributed by atoms with Crippen LogP contribution in [0.4, 0.5) is 23.7 Å². The smallest absolute Gasteiger partial charge is 0.418 e. The fraction of sp³-hybridized carbons (Fsp3) is 0.625. The molecule has 0 spiro atoms. The van der Waals surface area contributed by atoms with Gasteiger partial charge in [0.2, 0.25) is 11.8 Å². The molecule has 3 rings (SSSR count). The maximum Gasteiger partial charge on any atom is 0.418 e. The largest absolute Gasteiger partial charge is 0.444 e. The number of para-hydroxylation sites is 1. The maximum absolute atomic E-state index is 13.1. The number of hydrogen-bond donors (Lipinski definition) is 1. The first-order valence-corrected chi connectivity index (χ1v) is 11.8. The molecule has 0 bridgehead atoms. The summed E-state index contributed by atoms with van der Waals surface area (Å²) in [5.74, 6) is -0.867. The van der Waals surface area contributed by atoms with Gasteiger partial charge >= 0.3 is 12.3 Å². The monoisotopic (exact) mass is 498 g/mol. The summed E-state index contributed by atoms with van der Waals surface area (Å²) in [7, 11) is 0. The SMILES string of the molecule is CC(C)(C)OC(=O)N1CCCC(C(=O)N2CCN(CC(=O)Nc3ccccc3C(F)(F)F)CC2)C1. The molecular formula is C24H33F3N4O4. The number of benzene rings is 1. The van der Waals surface area contributed by atoms with Crippen LogP contribution in [0.1, 0.15) is 39.2 Å². The van der Waals surface area contributed by atoms with E-state index < -0.39 is 29.3 Å². The predicted octanol–water partition coefficient (Wildman–Crippen LogP) is 3.44. The van der Waals surface area contributed by atoms with Gasteiger partial charge < -0.3 is 19.9 Å². The summed E-state index contributed by atoms with van der Waals surface area (Å²) in [4.78, 5) is 42.9. The van der Waals surface area contributed by atoms with E-state index in [1.807, 2.05) is 4.90 Å². The lowest BCUT2D eigenvalue weighted by Gasteiger charge is -2.39. The first-order chi connectivity index (χ1) is 16.3. The average molecular weight is 499 g/mol. The third-order valence-electron chi connectivity index (χ3n) is 5.98. The van der Waals surface area contributed by atoms with Gasteiger partial charge in [0.15, 0.2) is 0 Å². The number of halogens is 3. The summed E-state index contributed by atoms with van der Waals surface area (Å²) >= 11 is 0. The molecule has 1 N–H and O–H groups in total. The van der Waals surface area contributed by atoms with Crippen molar-refractivity contribution in [1.82, 2.24) is 14.7 Å². The predicted molar refractivity (Wildman–Crippen MR) is 124 cm³/mol. The molecule has 1 aromatic rings. The van der Waals surface area contributed by atoms with E-state index >= 15 is 0 Å². The molecule has 8 nitrogen and oxygen atoms in total. The summed E-state index contributed by atoms with van der Waals surface area (Å²) < 4.78 is 44.9. The lowest BCUT2D eigenvalue weighted by Crippen LogP contribution is -2.54. The lowest BCUT2D eigenvalue weighted by atomic mass is 9.96. The molecule has 0 saturated carbocycles. The molecule has 2 saturated heterocycles. The second-order valence-corrected chi connectivity index (χ2v) is 9.96. The van der Waals surface area contributed by atoms with Crippen LogP contribution in [0.5, 0.6) is 0 Å². The lowest BCUT2D eigenvalue weighted by molar-refractivity contribution is -0.139. The number of ether oxygens (including phenoxy) is 1. The highest BCUT2D eigenvalue weighted by Gasteiger charge is 2.35. The van der Waals surface area contributed by atoms with Crippen molar-refractivity contribution < 1.29 is 32.3 Å². The van der Waals surface area contributed by atoms with Crippen molar-refractivity contribution in [3.05, 3.63) is 29.8 Å². The van der Waals surface area contributed by atoms with E-state index in [0.29, 0.717) is 45.7 Å². The first kappa shape index (κ1) is 26.8. The van der Waals surface area contributed by atoms with E-state index in [0.717, 1.165) is 12.5 Å². The van der Waals surface area contributed by atoms with Gasteiger partial charge in [0.1, 0.15) is 5.60 Å². The van der Waals surface area contributed by atoms with Gasteiger partial charge in [-0.2, -0.15) is 13.2 Å². The third-order valence-corrected chi connectivity index (χ3v) is 5.98. The minimum absolute atomic E-state index is 0.0264. The molecule has 0 aliphatic carbocycles. The molecular weight excluding hydrogens is 465 g/mol. The van der Waals surface area contributed by atoms with Crippen LogP contribution >= 0.6 is 0 Å². The van der Waals surface area contributed by atoms with Crippen molar-refractivity contribution in [2.75, 3.05) is 51.1 Å². The Labute approximate surface area is 203 Å². The average Bonchev–Trinajstić information content (AvgIpc) is 2.77. The van der Waals surface area contributed by atoms with Crippen LogP contribution in [0.15, 0.2) is 24.3 Å². The van der Waals surface area contributed by atoms with Crippen molar-refractivity contribution in [2.45, 2.75) is 45.4 Å². The van der Waals surface area contributed by atoms with Crippen molar-refractivity contribution >= 4 is 23.6 Å². The highest BCUT2D eigenvalue weighted by molar-refractivity contribution is 5.93. The zero-order valence-corrected chi connectivity index (χ0v) is 20.4. The van der Waals surface area contributed by atoms with E-state index in [1.165, 1.54) is 18.2 Å².